The first-order chi connectivity index (χ1) is 9.86. The van der Waals surface area contributed by atoms with Crippen molar-refractivity contribution in [3.63, 3.8) is 0 Å². The van der Waals surface area contributed by atoms with Crippen molar-refractivity contribution in [1.29, 1.82) is 0 Å². The summed E-state index contributed by atoms with van der Waals surface area (Å²) in [4.78, 5) is 5.58. The summed E-state index contributed by atoms with van der Waals surface area (Å²) in [5, 5.41) is 15.8. The number of anilines is 1. The van der Waals surface area contributed by atoms with Crippen LogP contribution in [0.5, 0.6) is 0 Å². The third kappa shape index (κ3) is 2.67. The Bertz CT molecular complexity index is 676. The van der Waals surface area contributed by atoms with Crippen molar-refractivity contribution in [3.8, 4) is 5.69 Å². The van der Waals surface area contributed by atoms with Gasteiger partial charge >= 0.3 is 0 Å². The molecule has 0 saturated carbocycles. The third-order valence-corrected chi connectivity index (χ3v) is 4.00. The van der Waals surface area contributed by atoms with Crippen molar-refractivity contribution in [2.24, 2.45) is 0 Å². The van der Waals surface area contributed by atoms with Crippen LogP contribution in [-0.4, -0.2) is 25.2 Å². The number of aryl methyl sites for hydroxylation is 1. The average molecular weight is 286 g/mol. The summed E-state index contributed by atoms with van der Waals surface area (Å²) in [6.45, 7) is 2.86. The van der Waals surface area contributed by atoms with Crippen LogP contribution in [0.4, 0.5) is 5.69 Å². The molecule has 3 rings (SSSR count). The molecule has 0 radical (unpaired) electrons. The molecule has 7 heteroatoms. The monoisotopic (exact) mass is 286 g/mol. The van der Waals surface area contributed by atoms with Gasteiger partial charge in [0.15, 0.2) is 0 Å². The number of hydrogen-bond acceptors (Lipinski definition) is 6. The summed E-state index contributed by atoms with van der Waals surface area (Å²) in [7, 11) is 0. The van der Waals surface area contributed by atoms with Crippen LogP contribution in [0, 0.1) is 0 Å². The van der Waals surface area contributed by atoms with Gasteiger partial charge in [-0.05, 0) is 29.0 Å². The largest absolute Gasteiger partial charge is 0.378 e. The fourth-order valence-corrected chi connectivity index (χ4v) is 2.67. The Morgan fingerprint density at radius 2 is 2.20 bits per heavy atom. The first-order valence-corrected chi connectivity index (χ1v) is 7.18. The third-order valence-electron chi connectivity index (χ3n) is 2.86. The van der Waals surface area contributed by atoms with Gasteiger partial charge in [0.2, 0.25) is 0 Å². The van der Waals surface area contributed by atoms with E-state index in [4.69, 9.17) is 0 Å². The minimum atomic E-state index is 0.747. The highest BCUT2D eigenvalue weighted by Crippen LogP contribution is 2.21. The van der Waals surface area contributed by atoms with E-state index in [2.05, 4.69) is 32.7 Å². The zero-order chi connectivity index (χ0) is 13.8. The van der Waals surface area contributed by atoms with Crippen LogP contribution in [0.1, 0.15) is 16.8 Å². The van der Waals surface area contributed by atoms with E-state index in [9.17, 15) is 0 Å². The van der Waals surface area contributed by atoms with Crippen LogP contribution < -0.4 is 5.32 Å². The van der Waals surface area contributed by atoms with Gasteiger partial charge in [-0.3, -0.25) is 0 Å². The van der Waals surface area contributed by atoms with Crippen LogP contribution in [0.3, 0.4) is 0 Å². The Morgan fingerprint density at radius 1 is 1.30 bits per heavy atom. The zero-order valence-electron chi connectivity index (χ0n) is 11.0. The van der Waals surface area contributed by atoms with E-state index < -0.39 is 0 Å². The molecule has 0 unspecified atom stereocenters. The first-order valence-electron chi connectivity index (χ1n) is 6.36. The van der Waals surface area contributed by atoms with Crippen molar-refractivity contribution < 1.29 is 0 Å². The topological polar surface area (TPSA) is 68.5 Å². The molecule has 2 heterocycles. The Labute approximate surface area is 120 Å². The predicted octanol–water partition coefficient (Wildman–Crippen LogP) is 2.29. The van der Waals surface area contributed by atoms with Gasteiger partial charge in [0.05, 0.1) is 22.9 Å². The molecular weight excluding hydrogens is 272 g/mol. The number of rotatable bonds is 5. The second-order valence-electron chi connectivity index (χ2n) is 4.20. The Hall–Kier alpha value is -2.28. The Balaban J connectivity index is 1.77. The van der Waals surface area contributed by atoms with Gasteiger partial charge in [-0.2, -0.15) is 4.68 Å². The van der Waals surface area contributed by atoms with Crippen LogP contribution in [0.2, 0.25) is 0 Å². The minimum Gasteiger partial charge on any atom is -0.378 e. The molecule has 1 aromatic carbocycles. The molecular formula is C13H14N6S. The van der Waals surface area contributed by atoms with Crippen LogP contribution in [-0.2, 0) is 13.0 Å². The van der Waals surface area contributed by atoms with E-state index in [-0.39, 0.29) is 0 Å². The number of nitrogens with zero attached hydrogens (tertiary/aromatic N) is 5. The normalized spacial score (nSPS) is 10.7. The van der Waals surface area contributed by atoms with Crippen LogP contribution in [0.15, 0.2) is 36.8 Å². The van der Waals surface area contributed by atoms with Gasteiger partial charge in [0.1, 0.15) is 6.33 Å². The fraction of sp³-hybridized carbons (Fsp3) is 0.231. The SMILES string of the molecule is CCc1ncc(CNc2ccccc2-n2cnnn2)s1. The van der Waals surface area contributed by atoms with Gasteiger partial charge in [0, 0.05) is 11.1 Å². The molecule has 3 aromatic rings. The van der Waals surface area contributed by atoms with E-state index in [1.165, 1.54) is 4.88 Å². The highest BCUT2D eigenvalue weighted by Gasteiger charge is 2.06. The van der Waals surface area contributed by atoms with Gasteiger partial charge in [-0.1, -0.05) is 19.1 Å². The molecule has 20 heavy (non-hydrogen) atoms. The van der Waals surface area contributed by atoms with Crippen molar-refractivity contribution in [2.75, 3.05) is 5.32 Å². The molecule has 0 aliphatic carbocycles. The number of hydrogen-bond donors (Lipinski definition) is 1. The first kappa shape index (κ1) is 12.7. The molecule has 102 valence electrons. The van der Waals surface area contributed by atoms with Crippen molar-refractivity contribution >= 4 is 17.0 Å². The molecule has 0 saturated heterocycles. The summed E-state index contributed by atoms with van der Waals surface area (Å²) in [6.07, 6.45) is 4.49. The number of tetrazole rings is 1. The summed E-state index contributed by atoms with van der Waals surface area (Å²) in [5.74, 6) is 0. The molecule has 0 spiro atoms. The number of para-hydroxylation sites is 2. The molecule has 0 atom stereocenters. The van der Waals surface area contributed by atoms with Gasteiger partial charge < -0.3 is 5.32 Å². The molecule has 0 bridgehead atoms. The van der Waals surface area contributed by atoms with Crippen molar-refractivity contribution in [1.82, 2.24) is 25.2 Å². The van der Waals surface area contributed by atoms with E-state index >= 15 is 0 Å². The fourth-order valence-electron chi connectivity index (χ4n) is 1.87. The van der Waals surface area contributed by atoms with E-state index in [0.717, 1.165) is 29.3 Å². The number of aromatic nitrogens is 5. The summed E-state index contributed by atoms with van der Waals surface area (Å²) >= 11 is 1.73. The minimum absolute atomic E-state index is 0.747. The van der Waals surface area contributed by atoms with Gasteiger partial charge in [0.25, 0.3) is 0 Å². The van der Waals surface area contributed by atoms with Crippen molar-refractivity contribution in [2.45, 2.75) is 19.9 Å². The lowest BCUT2D eigenvalue weighted by molar-refractivity contribution is 0.789. The Morgan fingerprint density at radius 3 is 2.95 bits per heavy atom. The standard InChI is InChI=1S/C13H14N6S/c1-2-13-15-8-10(20-13)7-14-11-5-3-4-6-12(11)19-9-16-17-18-19/h3-6,8-9,14H,2,7H2,1H3. The average Bonchev–Trinajstić information content (AvgIpc) is 3.17. The number of thiazole rings is 1. The second kappa shape index (κ2) is 5.79. The summed E-state index contributed by atoms with van der Waals surface area (Å²) in [6, 6.07) is 7.94. The number of nitrogens with one attached hydrogen (secondary N) is 1. The molecule has 1 N–H and O–H groups in total. The molecule has 0 fully saturated rings. The zero-order valence-corrected chi connectivity index (χ0v) is 11.8. The lowest BCUT2D eigenvalue weighted by atomic mass is 10.2. The lowest BCUT2D eigenvalue weighted by Crippen LogP contribution is -2.04. The highest BCUT2D eigenvalue weighted by atomic mass is 32.1. The van der Waals surface area contributed by atoms with E-state index in [1.54, 1.807) is 22.3 Å². The molecule has 0 aliphatic heterocycles. The molecule has 2 aromatic heterocycles. The van der Waals surface area contributed by atoms with Gasteiger partial charge in [-0.15, -0.1) is 16.4 Å². The maximum Gasteiger partial charge on any atom is 0.143 e. The van der Waals surface area contributed by atoms with Gasteiger partial charge in [-0.25, -0.2) is 4.98 Å². The quantitative estimate of drug-likeness (QED) is 0.779. The maximum atomic E-state index is 4.36. The van der Waals surface area contributed by atoms with E-state index in [0.29, 0.717) is 0 Å². The molecule has 0 amide bonds. The van der Waals surface area contributed by atoms with Crippen LogP contribution in [0.25, 0.3) is 5.69 Å². The lowest BCUT2D eigenvalue weighted by Gasteiger charge is -2.09. The predicted molar refractivity (Wildman–Crippen MR) is 78.0 cm³/mol. The Kier molecular flexibility index (Phi) is 3.69. The van der Waals surface area contributed by atoms with Crippen LogP contribution >= 0.6 is 11.3 Å². The molecule has 6 nitrogen and oxygen atoms in total. The second-order valence-corrected chi connectivity index (χ2v) is 5.40. The molecule has 0 aliphatic rings. The number of benzene rings is 1. The van der Waals surface area contributed by atoms with E-state index in [1.807, 2.05) is 30.5 Å². The highest BCUT2D eigenvalue weighted by molar-refractivity contribution is 7.11. The maximum absolute atomic E-state index is 4.36. The summed E-state index contributed by atoms with van der Waals surface area (Å²) < 4.78 is 1.65. The summed E-state index contributed by atoms with van der Waals surface area (Å²) in [5.41, 5.74) is 1.92. The smallest absolute Gasteiger partial charge is 0.143 e. The van der Waals surface area contributed by atoms with Crippen molar-refractivity contribution in [3.05, 3.63) is 46.7 Å².